The largest absolute Gasteiger partial charge is 0.508 e. The van der Waals surface area contributed by atoms with Crippen molar-refractivity contribution in [3.63, 3.8) is 0 Å². The molecule has 0 aliphatic carbocycles. The average Bonchev–Trinajstić information content (AvgIpc) is 2.37. The number of amides is 1. The van der Waals surface area contributed by atoms with Crippen LogP contribution in [0.4, 0.5) is 5.69 Å². The molecular formula is C12H17N3O4. The summed E-state index contributed by atoms with van der Waals surface area (Å²) in [7, 11) is 0. The van der Waals surface area contributed by atoms with Crippen LogP contribution in [0.3, 0.4) is 0 Å². The van der Waals surface area contributed by atoms with Crippen molar-refractivity contribution in [3.8, 4) is 5.75 Å². The Hall–Kier alpha value is -2.12. The van der Waals surface area contributed by atoms with E-state index >= 15 is 0 Å². The lowest BCUT2D eigenvalue weighted by Crippen LogP contribution is -2.41. The molecule has 0 saturated heterocycles. The maximum atomic E-state index is 11.7. The van der Waals surface area contributed by atoms with Gasteiger partial charge in [0, 0.05) is 18.8 Å². The number of benzene rings is 1. The molecule has 0 spiro atoms. The van der Waals surface area contributed by atoms with Gasteiger partial charge in [-0.2, -0.15) is 0 Å². The van der Waals surface area contributed by atoms with Crippen LogP contribution in [0.1, 0.15) is 6.42 Å². The number of anilines is 1. The third-order valence-electron chi connectivity index (χ3n) is 2.37. The Bertz CT molecular complexity index is 433. The molecule has 1 atom stereocenters. The quantitative estimate of drug-likeness (QED) is 0.433. The van der Waals surface area contributed by atoms with Crippen molar-refractivity contribution in [2.24, 2.45) is 5.73 Å². The van der Waals surface area contributed by atoms with E-state index in [1.54, 1.807) is 0 Å². The van der Waals surface area contributed by atoms with E-state index in [9.17, 15) is 9.59 Å². The maximum Gasteiger partial charge on any atom is 0.321 e. The van der Waals surface area contributed by atoms with Crippen LogP contribution in [-0.2, 0) is 9.59 Å². The summed E-state index contributed by atoms with van der Waals surface area (Å²) in [4.78, 5) is 22.6. The fourth-order valence-electron chi connectivity index (χ4n) is 1.45. The van der Waals surface area contributed by atoms with Gasteiger partial charge in [0.1, 0.15) is 11.8 Å². The average molecular weight is 267 g/mol. The van der Waals surface area contributed by atoms with Crippen molar-refractivity contribution in [1.29, 1.82) is 0 Å². The number of phenolic OH excluding ortho intramolecular Hbond substituents is 1. The van der Waals surface area contributed by atoms with Crippen LogP contribution >= 0.6 is 0 Å². The monoisotopic (exact) mass is 267 g/mol. The molecule has 0 aliphatic heterocycles. The highest BCUT2D eigenvalue weighted by atomic mass is 16.4. The Morgan fingerprint density at radius 2 is 1.89 bits per heavy atom. The lowest BCUT2D eigenvalue weighted by Gasteiger charge is -2.13. The van der Waals surface area contributed by atoms with Crippen LogP contribution in [0.15, 0.2) is 24.3 Å². The first-order valence-corrected chi connectivity index (χ1v) is 5.78. The molecule has 19 heavy (non-hydrogen) atoms. The molecule has 104 valence electrons. The van der Waals surface area contributed by atoms with Gasteiger partial charge >= 0.3 is 5.97 Å². The summed E-state index contributed by atoms with van der Waals surface area (Å²) in [6, 6.07) is 4.93. The molecule has 1 aromatic rings. The molecular weight excluding hydrogens is 250 g/mol. The second kappa shape index (κ2) is 7.34. The van der Waals surface area contributed by atoms with Gasteiger partial charge in [-0.05, 0) is 24.3 Å². The number of rotatable bonds is 7. The van der Waals surface area contributed by atoms with Crippen LogP contribution in [0, 0.1) is 0 Å². The van der Waals surface area contributed by atoms with E-state index in [0.29, 0.717) is 18.8 Å². The smallest absolute Gasteiger partial charge is 0.321 e. The van der Waals surface area contributed by atoms with Crippen molar-refractivity contribution >= 4 is 17.6 Å². The number of carboxylic acids is 1. The first-order chi connectivity index (χ1) is 9.02. The molecule has 1 rings (SSSR count). The summed E-state index contributed by atoms with van der Waals surface area (Å²) < 4.78 is 0. The number of aliphatic carboxylic acids is 1. The standard InChI is InChI=1S/C12H17N3O4/c13-5-6-14-10(12(18)19)7-11(17)15-8-1-3-9(16)4-2-8/h1-4,10,14,16H,5-7,13H2,(H,15,17)(H,18,19). The SMILES string of the molecule is NCCNC(CC(=O)Nc1ccc(O)cc1)C(=O)O. The number of hydrogen-bond donors (Lipinski definition) is 5. The van der Waals surface area contributed by atoms with Gasteiger partial charge in [-0.25, -0.2) is 0 Å². The van der Waals surface area contributed by atoms with Gasteiger partial charge in [0.25, 0.3) is 0 Å². The third-order valence-corrected chi connectivity index (χ3v) is 2.37. The summed E-state index contributed by atoms with van der Waals surface area (Å²) in [6.45, 7) is 0.618. The summed E-state index contributed by atoms with van der Waals surface area (Å²) in [5.41, 5.74) is 5.76. The zero-order valence-corrected chi connectivity index (χ0v) is 10.3. The molecule has 0 aromatic heterocycles. The molecule has 1 unspecified atom stereocenters. The van der Waals surface area contributed by atoms with E-state index in [-0.39, 0.29) is 12.2 Å². The van der Waals surface area contributed by atoms with Crippen molar-refractivity contribution in [3.05, 3.63) is 24.3 Å². The minimum atomic E-state index is -1.10. The minimum absolute atomic E-state index is 0.0889. The normalized spacial score (nSPS) is 11.8. The lowest BCUT2D eigenvalue weighted by molar-refractivity contribution is -0.141. The molecule has 0 saturated carbocycles. The first-order valence-electron chi connectivity index (χ1n) is 5.78. The number of nitrogens with two attached hydrogens (primary N) is 1. The number of aromatic hydroxyl groups is 1. The van der Waals surface area contributed by atoms with Crippen molar-refractivity contribution in [1.82, 2.24) is 5.32 Å². The fraction of sp³-hybridized carbons (Fsp3) is 0.333. The van der Waals surface area contributed by atoms with E-state index in [2.05, 4.69) is 10.6 Å². The second-order valence-corrected chi connectivity index (χ2v) is 3.93. The Balaban J connectivity index is 2.52. The van der Waals surface area contributed by atoms with Gasteiger partial charge in [0.15, 0.2) is 0 Å². The summed E-state index contributed by atoms with van der Waals surface area (Å²) in [6.07, 6.45) is -0.198. The van der Waals surface area contributed by atoms with Gasteiger partial charge < -0.3 is 26.6 Å². The first kappa shape index (κ1) is 14.9. The number of carboxylic acid groups (broad SMARTS) is 1. The van der Waals surface area contributed by atoms with Gasteiger partial charge in [-0.15, -0.1) is 0 Å². The molecule has 0 fully saturated rings. The van der Waals surface area contributed by atoms with Crippen molar-refractivity contribution in [2.75, 3.05) is 18.4 Å². The van der Waals surface area contributed by atoms with Crippen LogP contribution < -0.4 is 16.4 Å². The van der Waals surface area contributed by atoms with E-state index in [1.165, 1.54) is 24.3 Å². The van der Waals surface area contributed by atoms with E-state index < -0.39 is 17.9 Å². The molecule has 7 heteroatoms. The molecule has 0 radical (unpaired) electrons. The molecule has 7 nitrogen and oxygen atoms in total. The maximum absolute atomic E-state index is 11.7. The van der Waals surface area contributed by atoms with Crippen LogP contribution in [0.25, 0.3) is 0 Å². The Labute approximate surface area is 110 Å². The molecule has 1 aromatic carbocycles. The molecule has 0 heterocycles. The molecule has 0 aliphatic rings. The Kier molecular flexibility index (Phi) is 5.77. The predicted molar refractivity (Wildman–Crippen MR) is 69.8 cm³/mol. The zero-order valence-electron chi connectivity index (χ0n) is 10.3. The predicted octanol–water partition coefficient (Wildman–Crippen LogP) is -0.278. The highest BCUT2D eigenvalue weighted by molar-refractivity contribution is 5.94. The number of hydrogen-bond acceptors (Lipinski definition) is 5. The van der Waals surface area contributed by atoms with Gasteiger partial charge in [-0.3, -0.25) is 9.59 Å². The topological polar surface area (TPSA) is 125 Å². The van der Waals surface area contributed by atoms with Crippen LogP contribution in [-0.4, -0.2) is 41.2 Å². The van der Waals surface area contributed by atoms with Gasteiger partial charge in [0.05, 0.1) is 6.42 Å². The number of phenols is 1. The van der Waals surface area contributed by atoms with Gasteiger partial charge in [0.2, 0.25) is 5.91 Å². The van der Waals surface area contributed by atoms with Gasteiger partial charge in [-0.1, -0.05) is 0 Å². The zero-order chi connectivity index (χ0) is 14.3. The highest BCUT2D eigenvalue weighted by Crippen LogP contribution is 2.14. The summed E-state index contributed by atoms with van der Waals surface area (Å²) in [5.74, 6) is -1.44. The van der Waals surface area contributed by atoms with Crippen LogP contribution in [0.5, 0.6) is 5.75 Å². The molecule has 0 bridgehead atoms. The molecule has 1 amide bonds. The number of nitrogens with one attached hydrogen (secondary N) is 2. The summed E-state index contributed by atoms with van der Waals surface area (Å²) >= 11 is 0. The molecule has 6 N–H and O–H groups in total. The summed E-state index contributed by atoms with van der Waals surface area (Å²) in [5, 5.41) is 23.2. The fourth-order valence-corrected chi connectivity index (χ4v) is 1.45. The lowest BCUT2D eigenvalue weighted by atomic mass is 10.2. The number of carbonyl (C=O) groups is 2. The van der Waals surface area contributed by atoms with E-state index in [4.69, 9.17) is 15.9 Å². The number of carbonyl (C=O) groups excluding carboxylic acids is 1. The van der Waals surface area contributed by atoms with Crippen LogP contribution in [0.2, 0.25) is 0 Å². The highest BCUT2D eigenvalue weighted by Gasteiger charge is 2.20. The second-order valence-electron chi connectivity index (χ2n) is 3.93. The third kappa shape index (κ3) is 5.36. The van der Waals surface area contributed by atoms with Crippen molar-refractivity contribution in [2.45, 2.75) is 12.5 Å². The minimum Gasteiger partial charge on any atom is -0.508 e. The Morgan fingerprint density at radius 1 is 1.26 bits per heavy atom. The van der Waals surface area contributed by atoms with E-state index in [1.807, 2.05) is 0 Å². The van der Waals surface area contributed by atoms with Crippen molar-refractivity contribution < 1.29 is 19.8 Å². The van der Waals surface area contributed by atoms with E-state index in [0.717, 1.165) is 0 Å². The Morgan fingerprint density at radius 3 is 2.42 bits per heavy atom.